The van der Waals surface area contributed by atoms with E-state index in [0.717, 1.165) is 5.69 Å². The van der Waals surface area contributed by atoms with Gasteiger partial charge in [0.15, 0.2) is 0 Å². The minimum Gasteiger partial charge on any atom is 0 e. The summed E-state index contributed by atoms with van der Waals surface area (Å²) in [7, 11) is 0. The number of anilines is 1. The predicted octanol–water partition coefficient (Wildman–Crippen LogP) is 0.474. The third-order valence-corrected chi connectivity index (χ3v) is 0.706. The summed E-state index contributed by atoms with van der Waals surface area (Å²) in [5.41, 5.74) is 6.08. The van der Waals surface area contributed by atoms with E-state index in [4.69, 9.17) is 29.0 Å². The smallest absolute Gasteiger partial charge is 0 e. The van der Waals surface area contributed by atoms with Crippen LogP contribution in [0.1, 0.15) is 0 Å². The van der Waals surface area contributed by atoms with Crippen LogP contribution in [-0.2, 0) is 44.3 Å². The maximum Gasteiger partial charge on any atom is 0 e. The molecule has 0 saturated heterocycles. The Kier molecular flexibility index (Phi) is 157. The summed E-state index contributed by atoms with van der Waals surface area (Å²) in [5, 5.41) is 0. The number of rotatable bonds is 0. The zero-order chi connectivity index (χ0) is 15.1. The maximum atomic E-state index is 7.50. The van der Waals surface area contributed by atoms with Crippen molar-refractivity contribution in [1.29, 1.82) is 0 Å². The Morgan fingerprint density at radius 2 is 0.944 bits per heavy atom. The van der Waals surface area contributed by atoms with E-state index in [0.29, 0.717) is 0 Å². The molecule has 1 rings (SSSR count). The Bertz CT molecular complexity index is 284. The molecule has 0 atom stereocenters. The molecule has 0 amide bonds. The Labute approximate surface area is 119 Å². The van der Waals surface area contributed by atoms with E-state index >= 15 is 0 Å². The van der Waals surface area contributed by atoms with E-state index in [1.54, 1.807) is 24.5 Å². The van der Waals surface area contributed by atoms with Crippen LogP contribution >= 0.6 is 0 Å². The molecule has 0 aliphatic heterocycles. The van der Waals surface area contributed by atoms with Gasteiger partial charge in [-0.2, -0.15) is 0 Å². The largest absolute Gasteiger partial charge is 0 e. The summed E-state index contributed by atoms with van der Waals surface area (Å²) in [6.07, 6.45) is 3.32. The van der Waals surface area contributed by atoms with Crippen molar-refractivity contribution in [2.45, 2.75) is 0 Å². The second-order valence-corrected chi connectivity index (χ2v) is 1.28. The zero-order valence-corrected chi connectivity index (χ0v) is 11.7. The molecule has 0 saturated carbocycles. The van der Waals surface area contributed by atoms with Gasteiger partial charge in [-0.15, -0.1) is 0 Å². The van der Waals surface area contributed by atoms with Gasteiger partial charge in [-0.3, -0.25) is 4.98 Å². The third-order valence-electron chi connectivity index (χ3n) is 0.706. The molecule has 1 aromatic rings. The van der Waals surface area contributed by atoms with E-state index in [9.17, 15) is 0 Å². The first-order valence-corrected chi connectivity index (χ1v) is 3.07. The first-order valence-electron chi connectivity index (χ1n) is 3.07. The summed E-state index contributed by atoms with van der Waals surface area (Å²) in [4.78, 5) is 3.77. The first kappa shape index (κ1) is 36.0. The van der Waals surface area contributed by atoms with Crippen LogP contribution in [0.2, 0.25) is 0 Å². The molecule has 18 heavy (non-hydrogen) atoms. The molecule has 0 unspecified atom stereocenters. The minimum absolute atomic E-state index is 0. The van der Waals surface area contributed by atoms with E-state index in [1.165, 1.54) is 0 Å². The van der Waals surface area contributed by atoms with Crippen LogP contribution in [-0.4, -0.2) is 4.98 Å². The summed E-state index contributed by atoms with van der Waals surface area (Å²) < 4.78 is 37.5. The van der Waals surface area contributed by atoms with E-state index < -0.39 is 0 Å². The van der Waals surface area contributed by atoms with Crippen molar-refractivity contribution in [3.8, 4) is 0 Å². The second-order valence-electron chi connectivity index (χ2n) is 1.28. The monoisotopic (exact) mass is 418 g/mol. The Morgan fingerprint density at radius 1 is 0.722 bits per heavy atom. The Hall–Kier alpha value is -1.66. The number of aromatic nitrogens is 1. The van der Waals surface area contributed by atoms with Gasteiger partial charge in [-0.1, -0.05) is 0 Å². The topological polar surface area (TPSA) is 138 Å². The molecule has 7 nitrogen and oxygen atoms in total. The first-order chi connectivity index (χ1) is 8.39. The van der Waals surface area contributed by atoms with Gasteiger partial charge >= 0.3 is 56.5 Å². The van der Waals surface area contributed by atoms with Crippen molar-refractivity contribution in [2.24, 2.45) is 0 Å². The summed E-state index contributed by atoms with van der Waals surface area (Å²) in [6.45, 7) is 22.5. The third kappa shape index (κ3) is 63.5. The number of nitrogen functional groups attached to an aromatic ring is 1. The molecule has 0 spiro atoms. The van der Waals surface area contributed by atoms with Gasteiger partial charge in [0.2, 0.25) is 0 Å². The molecule has 0 radical (unpaired) electrons. The van der Waals surface area contributed by atoms with E-state index in [1.807, 2.05) is 0 Å². The average Bonchev–Trinajstić information content (AvgIpc) is 2.50. The molecule has 8 heteroatoms. The predicted molar refractivity (Wildman–Crippen MR) is 48.3 cm³/mol. The number of nitrogens with zero attached hydrogens (tertiary/aromatic N) is 1. The van der Waals surface area contributed by atoms with Crippen molar-refractivity contribution in [3.63, 3.8) is 0 Å². The van der Waals surface area contributed by atoms with Gasteiger partial charge < -0.3 is 5.73 Å². The van der Waals surface area contributed by atoms with Crippen LogP contribution < -0.4 is 5.73 Å². The Morgan fingerprint density at radius 3 is 1.06 bits per heavy atom. The minimum atomic E-state index is 0. The van der Waals surface area contributed by atoms with Crippen molar-refractivity contribution < 1.29 is 44.3 Å². The molecular formula is C10H6N2O5W. The standard InChI is InChI=1S/C5H6N2.5CO.W/c6-5-1-3-7-4-2-5;5*1-2;/h1-4H,(H2,6,7);;;;;;. The molecule has 0 bridgehead atoms. The van der Waals surface area contributed by atoms with E-state index in [2.05, 4.69) is 38.2 Å². The normalized spacial score (nSPS) is 3.89. The second kappa shape index (κ2) is 78.5. The molecule has 1 heterocycles. The quantitative estimate of drug-likeness (QED) is 0.484. The van der Waals surface area contributed by atoms with Gasteiger partial charge in [-0.25, -0.2) is 0 Å². The van der Waals surface area contributed by atoms with Crippen molar-refractivity contribution in [2.75, 3.05) is 5.73 Å². The van der Waals surface area contributed by atoms with E-state index in [-0.39, 0.29) is 21.1 Å². The van der Waals surface area contributed by atoms with Crippen LogP contribution in [0.4, 0.5) is 5.69 Å². The fraction of sp³-hybridized carbons (Fsp3) is 0. The maximum absolute atomic E-state index is 7.50. The molecule has 92 valence electrons. The number of hydrogen-bond acceptors (Lipinski definition) is 2. The number of hydrogen-bond donors (Lipinski definition) is 1. The molecule has 2 N–H and O–H groups in total. The van der Waals surface area contributed by atoms with Gasteiger partial charge in [0.25, 0.3) is 0 Å². The van der Waals surface area contributed by atoms with Gasteiger partial charge in [0, 0.05) is 39.1 Å². The van der Waals surface area contributed by atoms with Crippen LogP contribution in [0.3, 0.4) is 0 Å². The molecule has 0 aliphatic carbocycles. The SMILES string of the molecule is Nc1ccncc1.[C-]#[O+].[C-]#[O+].[C-]#[O+].[C-]#[O+].[C-]#[O+].[W]. The number of pyridine rings is 1. The van der Waals surface area contributed by atoms with Crippen molar-refractivity contribution in [1.82, 2.24) is 4.98 Å². The summed E-state index contributed by atoms with van der Waals surface area (Å²) in [5.74, 6) is 0. The summed E-state index contributed by atoms with van der Waals surface area (Å²) >= 11 is 0. The van der Waals surface area contributed by atoms with Gasteiger partial charge in [0.1, 0.15) is 0 Å². The van der Waals surface area contributed by atoms with Crippen LogP contribution in [0.25, 0.3) is 0 Å². The summed E-state index contributed by atoms with van der Waals surface area (Å²) in [6, 6.07) is 3.50. The van der Waals surface area contributed by atoms with Crippen LogP contribution in [0.15, 0.2) is 24.5 Å². The van der Waals surface area contributed by atoms with Crippen molar-refractivity contribution >= 4 is 5.69 Å². The zero-order valence-electron chi connectivity index (χ0n) is 8.78. The number of nitrogens with two attached hydrogens (primary N) is 1. The molecule has 1 aromatic heterocycles. The van der Waals surface area contributed by atoms with Crippen molar-refractivity contribution in [3.05, 3.63) is 57.8 Å². The van der Waals surface area contributed by atoms with Gasteiger partial charge in [-0.05, 0) is 12.1 Å². The Balaban J connectivity index is -0.0000000285. The van der Waals surface area contributed by atoms with Crippen LogP contribution in [0, 0.1) is 33.3 Å². The molecule has 0 aromatic carbocycles. The molecule has 0 aliphatic rings. The molecular weight excluding hydrogens is 412 g/mol. The van der Waals surface area contributed by atoms with Crippen LogP contribution in [0.5, 0.6) is 0 Å². The average molecular weight is 418 g/mol. The fourth-order valence-electron chi connectivity index (χ4n) is 0.363. The van der Waals surface area contributed by atoms with Gasteiger partial charge in [0.05, 0.1) is 0 Å². The fourth-order valence-corrected chi connectivity index (χ4v) is 0.363. The molecule has 0 fully saturated rings.